The van der Waals surface area contributed by atoms with Crippen LogP contribution in [-0.4, -0.2) is 4.92 Å². The SMILES string of the molecule is Cc1cc(C(F)(F)F)cc([N+](=O)[O-])c1C. The van der Waals surface area contributed by atoms with Crippen LogP contribution < -0.4 is 0 Å². The molecule has 3 nitrogen and oxygen atoms in total. The highest BCUT2D eigenvalue weighted by molar-refractivity contribution is 5.48. The lowest BCUT2D eigenvalue weighted by atomic mass is 10.0. The van der Waals surface area contributed by atoms with E-state index in [1.807, 2.05) is 0 Å². The van der Waals surface area contributed by atoms with Crippen molar-refractivity contribution in [3.05, 3.63) is 38.9 Å². The summed E-state index contributed by atoms with van der Waals surface area (Å²) in [5.74, 6) is 0. The van der Waals surface area contributed by atoms with Crippen LogP contribution in [0.2, 0.25) is 0 Å². The molecular weight excluding hydrogens is 211 g/mol. The summed E-state index contributed by atoms with van der Waals surface area (Å²) in [6, 6.07) is 1.46. The van der Waals surface area contributed by atoms with Crippen molar-refractivity contribution in [2.75, 3.05) is 0 Å². The highest BCUT2D eigenvalue weighted by Crippen LogP contribution is 2.34. The number of halogens is 3. The van der Waals surface area contributed by atoms with E-state index in [4.69, 9.17) is 0 Å². The van der Waals surface area contributed by atoms with Crippen LogP contribution in [0.5, 0.6) is 0 Å². The first-order chi connectivity index (χ1) is 6.73. The van der Waals surface area contributed by atoms with E-state index in [2.05, 4.69) is 0 Å². The van der Waals surface area contributed by atoms with Gasteiger partial charge < -0.3 is 0 Å². The summed E-state index contributed by atoms with van der Waals surface area (Å²) in [5.41, 5.74) is -0.968. The number of nitro benzene ring substituents is 1. The predicted molar refractivity (Wildman–Crippen MR) is 47.6 cm³/mol. The number of nitro groups is 1. The largest absolute Gasteiger partial charge is 0.416 e. The van der Waals surface area contributed by atoms with Gasteiger partial charge in [-0.3, -0.25) is 10.1 Å². The minimum absolute atomic E-state index is 0.257. The normalized spacial score (nSPS) is 11.5. The first-order valence-corrected chi connectivity index (χ1v) is 4.06. The summed E-state index contributed by atoms with van der Waals surface area (Å²) in [6.45, 7) is 2.84. The van der Waals surface area contributed by atoms with Crippen LogP contribution in [0.15, 0.2) is 12.1 Å². The Morgan fingerprint density at radius 3 is 2.20 bits per heavy atom. The molecule has 1 aromatic carbocycles. The molecule has 0 atom stereocenters. The molecule has 0 spiro atoms. The van der Waals surface area contributed by atoms with E-state index in [1.54, 1.807) is 0 Å². The molecule has 0 saturated carbocycles. The first-order valence-electron chi connectivity index (χ1n) is 4.06. The molecule has 0 unspecified atom stereocenters. The zero-order chi connectivity index (χ0) is 11.8. The maximum absolute atomic E-state index is 12.3. The van der Waals surface area contributed by atoms with Crippen molar-refractivity contribution in [3.8, 4) is 0 Å². The number of hydrogen-bond acceptors (Lipinski definition) is 2. The van der Waals surface area contributed by atoms with Crippen molar-refractivity contribution in [2.45, 2.75) is 20.0 Å². The second kappa shape index (κ2) is 3.52. The van der Waals surface area contributed by atoms with Crippen molar-refractivity contribution in [3.63, 3.8) is 0 Å². The van der Waals surface area contributed by atoms with E-state index in [0.717, 1.165) is 6.07 Å². The molecule has 0 amide bonds. The minimum atomic E-state index is -4.55. The second-order valence-electron chi connectivity index (χ2n) is 3.19. The Morgan fingerprint density at radius 2 is 1.80 bits per heavy atom. The Bertz CT molecular complexity index is 413. The molecule has 0 fully saturated rings. The average molecular weight is 219 g/mol. The number of benzene rings is 1. The topological polar surface area (TPSA) is 43.1 Å². The zero-order valence-corrected chi connectivity index (χ0v) is 8.05. The van der Waals surface area contributed by atoms with Crippen LogP contribution in [-0.2, 0) is 6.18 Å². The van der Waals surface area contributed by atoms with Gasteiger partial charge >= 0.3 is 6.18 Å². The fraction of sp³-hybridized carbons (Fsp3) is 0.333. The van der Waals surface area contributed by atoms with Crippen molar-refractivity contribution >= 4 is 5.69 Å². The van der Waals surface area contributed by atoms with Gasteiger partial charge in [-0.25, -0.2) is 0 Å². The number of alkyl halides is 3. The molecule has 0 radical (unpaired) electrons. The summed E-state index contributed by atoms with van der Waals surface area (Å²) < 4.78 is 37.0. The molecule has 15 heavy (non-hydrogen) atoms. The molecule has 0 saturated heterocycles. The number of hydrogen-bond donors (Lipinski definition) is 0. The van der Waals surface area contributed by atoms with E-state index < -0.39 is 22.4 Å². The van der Waals surface area contributed by atoms with Gasteiger partial charge in [0.1, 0.15) is 0 Å². The molecule has 0 aromatic heterocycles. The Morgan fingerprint density at radius 1 is 1.27 bits per heavy atom. The summed E-state index contributed by atoms with van der Waals surface area (Å²) in [4.78, 5) is 9.68. The molecule has 1 aromatic rings. The first kappa shape index (κ1) is 11.5. The van der Waals surface area contributed by atoms with Crippen LogP contribution in [0.4, 0.5) is 18.9 Å². The molecule has 0 bridgehead atoms. The van der Waals surface area contributed by atoms with Crippen molar-refractivity contribution < 1.29 is 18.1 Å². The molecule has 6 heteroatoms. The Balaban J connectivity index is 3.43. The predicted octanol–water partition coefficient (Wildman–Crippen LogP) is 3.23. The van der Waals surface area contributed by atoms with Gasteiger partial charge in [0, 0.05) is 11.6 Å². The van der Waals surface area contributed by atoms with E-state index in [0.29, 0.717) is 6.07 Å². The van der Waals surface area contributed by atoms with Crippen LogP contribution in [0.3, 0.4) is 0 Å². The van der Waals surface area contributed by atoms with Gasteiger partial charge in [0.2, 0.25) is 0 Å². The van der Waals surface area contributed by atoms with E-state index >= 15 is 0 Å². The highest BCUT2D eigenvalue weighted by Gasteiger charge is 2.33. The van der Waals surface area contributed by atoms with Gasteiger partial charge in [-0.05, 0) is 25.5 Å². The van der Waals surface area contributed by atoms with Gasteiger partial charge in [-0.2, -0.15) is 13.2 Å². The van der Waals surface area contributed by atoms with Crippen LogP contribution >= 0.6 is 0 Å². The van der Waals surface area contributed by atoms with Gasteiger partial charge in [0.25, 0.3) is 5.69 Å². The van der Waals surface area contributed by atoms with Gasteiger partial charge in [0.05, 0.1) is 10.5 Å². The van der Waals surface area contributed by atoms with Gasteiger partial charge in [-0.1, -0.05) is 0 Å². The van der Waals surface area contributed by atoms with Crippen molar-refractivity contribution in [2.24, 2.45) is 0 Å². The number of nitrogens with zero attached hydrogens (tertiary/aromatic N) is 1. The third-order valence-corrected chi connectivity index (χ3v) is 2.16. The third kappa shape index (κ3) is 2.26. The fourth-order valence-corrected chi connectivity index (χ4v) is 1.19. The lowest BCUT2D eigenvalue weighted by Gasteiger charge is -2.09. The molecule has 0 aliphatic rings. The molecule has 82 valence electrons. The van der Waals surface area contributed by atoms with Crippen molar-refractivity contribution in [1.82, 2.24) is 0 Å². The highest BCUT2D eigenvalue weighted by atomic mass is 19.4. The third-order valence-electron chi connectivity index (χ3n) is 2.16. The maximum Gasteiger partial charge on any atom is 0.416 e. The second-order valence-corrected chi connectivity index (χ2v) is 3.19. The Labute approximate surface area is 83.7 Å². The van der Waals surface area contributed by atoms with Crippen LogP contribution in [0.25, 0.3) is 0 Å². The standard InChI is InChI=1S/C9H8F3NO2/c1-5-3-7(9(10,11)12)4-8(6(5)2)13(14)15/h3-4H,1-2H3. The van der Waals surface area contributed by atoms with Gasteiger partial charge in [-0.15, -0.1) is 0 Å². The Hall–Kier alpha value is -1.59. The van der Waals surface area contributed by atoms with E-state index in [9.17, 15) is 23.3 Å². The Kier molecular flexibility index (Phi) is 2.70. The molecular formula is C9H8F3NO2. The summed E-state index contributed by atoms with van der Waals surface area (Å²) in [5, 5.41) is 10.5. The van der Waals surface area contributed by atoms with E-state index in [1.165, 1.54) is 13.8 Å². The average Bonchev–Trinajstić information content (AvgIpc) is 2.06. The monoisotopic (exact) mass is 219 g/mol. The molecule has 0 heterocycles. The summed E-state index contributed by atoms with van der Waals surface area (Å²) in [7, 11) is 0. The summed E-state index contributed by atoms with van der Waals surface area (Å²) in [6.07, 6.45) is -4.55. The van der Waals surface area contributed by atoms with Crippen LogP contribution in [0.1, 0.15) is 16.7 Å². The maximum atomic E-state index is 12.3. The lowest BCUT2D eigenvalue weighted by molar-refractivity contribution is -0.385. The zero-order valence-electron chi connectivity index (χ0n) is 8.05. The minimum Gasteiger partial charge on any atom is -0.258 e. The smallest absolute Gasteiger partial charge is 0.258 e. The molecule has 1 rings (SSSR count). The fourth-order valence-electron chi connectivity index (χ4n) is 1.19. The van der Waals surface area contributed by atoms with Crippen LogP contribution in [0, 0.1) is 24.0 Å². The number of rotatable bonds is 1. The molecule has 0 aliphatic heterocycles. The van der Waals surface area contributed by atoms with E-state index in [-0.39, 0.29) is 11.1 Å². The van der Waals surface area contributed by atoms with Gasteiger partial charge in [0.15, 0.2) is 0 Å². The lowest BCUT2D eigenvalue weighted by Crippen LogP contribution is -2.07. The number of aryl methyl sites for hydroxylation is 1. The van der Waals surface area contributed by atoms with Crippen molar-refractivity contribution in [1.29, 1.82) is 0 Å². The summed E-state index contributed by atoms with van der Waals surface area (Å²) >= 11 is 0. The quantitative estimate of drug-likeness (QED) is 0.537. The molecule has 0 aliphatic carbocycles. The molecule has 0 N–H and O–H groups in total.